The highest BCUT2D eigenvalue weighted by Gasteiger charge is 2.29. The second kappa shape index (κ2) is 7.70. The number of anilines is 1. The molecule has 4 heteroatoms. The molecule has 25 heavy (non-hydrogen) atoms. The maximum absolute atomic E-state index is 12.7. The van der Waals surface area contributed by atoms with Crippen molar-refractivity contribution in [1.29, 1.82) is 0 Å². The van der Waals surface area contributed by atoms with E-state index in [1.807, 2.05) is 53.4 Å². The maximum Gasteiger partial charge on any atom is 0.321 e. The van der Waals surface area contributed by atoms with Gasteiger partial charge in [0.2, 0.25) is 0 Å². The van der Waals surface area contributed by atoms with Gasteiger partial charge in [0.25, 0.3) is 0 Å². The number of carbonyl (C=O) groups is 1. The lowest BCUT2D eigenvalue weighted by Crippen LogP contribution is -2.41. The molecule has 2 amide bonds. The summed E-state index contributed by atoms with van der Waals surface area (Å²) in [5.41, 5.74) is 3.36. The van der Waals surface area contributed by atoms with Gasteiger partial charge in [0, 0.05) is 30.6 Å². The van der Waals surface area contributed by atoms with Gasteiger partial charge in [-0.3, -0.25) is 4.90 Å². The average molecular weight is 338 g/mol. The van der Waals surface area contributed by atoms with Crippen molar-refractivity contribution < 1.29 is 9.90 Å². The van der Waals surface area contributed by atoms with Gasteiger partial charge in [-0.1, -0.05) is 55.5 Å². The van der Waals surface area contributed by atoms with Crippen molar-refractivity contribution in [2.45, 2.75) is 38.2 Å². The Morgan fingerprint density at radius 2 is 1.88 bits per heavy atom. The van der Waals surface area contributed by atoms with Gasteiger partial charge in [0.15, 0.2) is 0 Å². The van der Waals surface area contributed by atoms with Gasteiger partial charge in [0.05, 0.1) is 6.10 Å². The number of fused-ring (bicyclic) bond motifs is 1. The van der Waals surface area contributed by atoms with Crippen molar-refractivity contribution in [2.24, 2.45) is 0 Å². The van der Waals surface area contributed by atoms with Gasteiger partial charge in [-0.05, 0) is 30.5 Å². The Morgan fingerprint density at radius 3 is 2.60 bits per heavy atom. The number of amides is 2. The molecule has 1 aliphatic rings. The van der Waals surface area contributed by atoms with Crippen LogP contribution in [0, 0.1) is 0 Å². The third-order valence-corrected chi connectivity index (χ3v) is 4.86. The number of nitrogens with zero attached hydrogens (tertiary/aromatic N) is 1. The Kier molecular flexibility index (Phi) is 5.39. The third kappa shape index (κ3) is 4.02. The number of hydrogen-bond acceptors (Lipinski definition) is 2. The summed E-state index contributed by atoms with van der Waals surface area (Å²) in [7, 11) is 0. The number of para-hydroxylation sites is 1. The Labute approximate surface area is 149 Å². The van der Waals surface area contributed by atoms with Gasteiger partial charge in [-0.25, -0.2) is 4.79 Å². The van der Waals surface area contributed by atoms with Crippen LogP contribution in [0.4, 0.5) is 10.5 Å². The van der Waals surface area contributed by atoms with Crippen LogP contribution < -0.4 is 10.2 Å². The zero-order chi connectivity index (χ0) is 17.8. The number of rotatable bonds is 5. The van der Waals surface area contributed by atoms with Crippen LogP contribution in [0.15, 0.2) is 54.6 Å². The number of nitrogens with one attached hydrogen (secondary N) is 1. The molecular formula is C21H26N2O2. The van der Waals surface area contributed by atoms with Gasteiger partial charge in [0.1, 0.15) is 0 Å². The molecule has 1 heterocycles. The van der Waals surface area contributed by atoms with Crippen LogP contribution in [-0.4, -0.2) is 30.3 Å². The molecule has 2 N–H and O–H groups in total. The molecule has 0 aromatic heterocycles. The highest BCUT2D eigenvalue weighted by Crippen LogP contribution is 2.35. The number of hydrogen-bond donors (Lipinski definition) is 2. The van der Waals surface area contributed by atoms with Crippen LogP contribution in [0.1, 0.15) is 43.2 Å². The summed E-state index contributed by atoms with van der Waals surface area (Å²) in [5.74, 6) is 0.449. The molecule has 2 aromatic carbocycles. The predicted molar refractivity (Wildman–Crippen MR) is 101 cm³/mol. The Morgan fingerprint density at radius 1 is 1.20 bits per heavy atom. The van der Waals surface area contributed by atoms with Crippen LogP contribution in [-0.2, 0) is 0 Å². The van der Waals surface area contributed by atoms with Gasteiger partial charge in [-0.2, -0.15) is 0 Å². The molecule has 0 aliphatic carbocycles. The lowest BCUT2D eigenvalue weighted by molar-refractivity contribution is 0.173. The summed E-state index contributed by atoms with van der Waals surface area (Å²) in [6, 6.07) is 18.1. The van der Waals surface area contributed by atoms with Crippen molar-refractivity contribution in [1.82, 2.24) is 5.32 Å². The predicted octanol–water partition coefficient (Wildman–Crippen LogP) is 3.87. The van der Waals surface area contributed by atoms with Crippen LogP contribution in [0.25, 0.3) is 0 Å². The molecule has 3 rings (SSSR count). The fourth-order valence-electron chi connectivity index (χ4n) is 3.59. The standard InChI is InChI=1S/C21H26N2O2/c1-15-14-23(20-11-7-6-10-19(15)20)21(25)22-13-18(12-16(2)24)17-8-4-3-5-9-17/h3-11,15-16,18,24H,12-14H2,1-2H3,(H,22,25)/t15-,16+,18-/m1/s1. The molecule has 0 saturated carbocycles. The molecule has 0 radical (unpaired) electrons. The van der Waals surface area contributed by atoms with Crippen molar-refractivity contribution >= 4 is 11.7 Å². The van der Waals surface area contributed by atoms with E-state index in [0.717, 1.165) is 11.3 Å². The van der Waals surface area contributed by atoms with E-state index >= 15 is 0 Å². The van der Waals surface area contributed by atoms with Gasteiger partial charge >= 0.3 is 6.03 Å². The van der Waals surface area contributed by atoms with E-state index < -0.39 is 6.10 Å². The summed E-state index contributed by atoms with van der Waals surface area (Å²) in [6.07, 6.45) is 0.215. The van der Waals surface area contributed by atoms with Gasteiger partial charge in [-0.15, -0.1) is 0 Å². The fourth-order valence-corrected chi connectivity index (χ4v) is 3.59. The zero-order valence-electron chi connectivity index (χ0n) is 14.9. The summed E-state index contributed by atoms with van der Waals surface area (Å²) in [4.78, 5) is 14.6. The lowest BCUT2D eigenvalue weighted by atomic mass is 9.93. The van der Waals surface area contributed by atoms with E-state index in [-0.39, 0.29) is 11.9 Å². The highest BCUT2D eigenvalue weighted by molar-refractivity contribution is 5.94. The minimum Gasteiger partial charge on any atom is -0.393 e. The van der Waals surface area contributed by atoms with Crippen molar-refractivity contribution in [3.8, 4) is 0 Å². The number of aliphatic hydroxyl groups excluding tert-OH is 1. The minimum atomic E-state index is -0.408. The molecule has 0 fully saturated rings. The second-order valence-corrected chi connectivity index (χ2v) is 6.95. The Bertz CT molecular complexity index is 715. The Hall–Kier alpha value is -2.33. The highest BCUT2D eigenvalue weighted by atomic mass is 16.3. The minimum absolute atomic E-state index is 0.0664. The summed E-state index contributed by atoms with van der Waals surface area (Å²) in [5, 5.41) is 12.9. The molecule has 0 spiro atoms. The molecule has 0 saturated heterocycles. The largest absolute Gasteiger partial charge is 0.393 e. The van der Waals surface area contributed by atoms with Crippen molar-refractivity contribution in [2.75, 3.05) is 18.0 Å². The van der Waals surface area contributed by atoms with Crippen LogP contribution in [0.5, 0.6) is 0 Å². The molecule has 0 unspecified atom stereocenters. The van der Waals surface area contributed by atoms with Crippen molar-refractivity contribution in [3.05, 3.63) is 65.7 Å². The lowest BCUT2D eigenvalue weighted by Gasteiger charge is -2.23. The van der Waals surface area contributed by atoms with E-state index in [1.165, 1.54) is 5.56 Å². The summed E-state index contributed by atoms with van der Waals surface area (Å²) in [6.45, 7) is 5.15. The molecule has 4 nitrogen and oxygen atoms in total. The number of aliphatic hydroxyl groups is 1. The normalized spacial score (nSPS) is 18.5. The topological polar surface area (TPSA) is 52.6 Å². The van der Waals surface area contributed by atoms with E-state index in [0.29, 0.717) is 25.4 Å². The quantitative estimate of drug-likeness (QED) is 0.869. The molecule has 3 atom stereocenters. The molecule has 132 valence electrons. The van der Waals surface area contributed by atoms with Gasteiger partial charge < -0.3 is 10.4 Å². The van der Waals surface area contributed by atoms with Crippen LogP contribution in [0.2, 0.25) is 0 Å². The van der Waals surface area contributed by atoms with E-state index in [4.69, 9.17) is 0 Å². The Balaban J connectivity index is 1.68. The molecule has 1 aliphatic heterocycles. The molecule has 0 bridgehead atoms. The van der Waals surface area contributed by atoms with E-state index in [2.05, 4.69) is 18.3 Å². The number of urea groups is 1. The van der Waals surface area contributed by atoms with Crippen LogP contribution >= 0.6 is 0 Å². The average Bonchev–Trinajstić information content (AvgIpc) is 2.96. The van der Waals surface area contributed by atoms with E-state index in [9.17, 15) is 9.90 Å². The third-order valence-electron chi connectivity index (χ3n) is 4.86. The van der Waals surface area contributed by atoms with Crippen LogP contribution in [0.3, 0.4) is 0 Å². The van der Waals surface area contributed by atoms with Crippen molar-refractivity contribution in [3.63, 3.8) is 0 Å². The second-order valence-electron chi connectivity index (χ2n) is 6.95. The zero-order valence-corrected chi connectivity index (χ0v) is 14.9. The first-order valence-electron chi connectivity index (χ1n) is 8.93. The SMILES string of the molecule is C[C@H](O)C[C@H](CNC(=O)N1C[C@@H](C)c2ccccc21)c1ccccc1. The molecular weight excluding hydrogens is 312 g/mol. The number of carbonyl (C=O) groups excluding carboxylic acids is 1. The monoisotopic (exact) mass is 338 g/mol. The number of benzene rings is 2. The molecule has 2 aromatic rings. The summed E-state index contributed by atoms with van der Waals surface area (Å²) >= 11 is 0. The smallest absolute Gasteiger partial charge is 0.321 e. The summed E-state index contributed by atoms with van der Waals surface area (Å²) < 4.78 is 0. The van der Waals surface area contributed by atoms with E-state index in [1.54, 1.807) is 6.92 Å². The first-order chi connectivity index (χ1) is 12.1. The first kappa shape index (κ1) is 17.5. The maximum atomic E-state index is 12.7. The fraction of sp³-hybridized carbons (Fsp3) is 0.381. The first-order valence-corrected chi connectivity index (χ1v) is 8.93.